The molecule has 46 heavy (non-hydrogen) atoms. The maximum atomic E-state index is 5.75. The highest BCUT2D eigenvalue weighted by Gasteiger charge is 2.40. The zero-order valence-corrected chi connectivity index (χ0v) is 26.3. The van der Waals surface area contributed by atoms with E-state index >= 15 is 0 Å². The first-order valence-electron chi connectivity index (χ1n) is 16.0. The van der Waals surface area contributed by atoms with E-state index in [9.17, 15) is 0 Å². The summed E-state index contributed by atoms with van der Waals surface area (Å²) < 4.78 is 8.13. The molecule has 2 N–H and O–H groups in total. The van der Waals surface area contributed by atoms with Crippen LogP contribution in [0.15, 0.2) is 164 Å². The summed E-state index contributed by atoms with van der Waals surface area (Å²) in [6.07, 6.45) is 4.39. The second kappa shape index (κ2) is 13.0. The molecule has 0 radical (unpaired) electrons. The third-order valence-electron chi connectivity index (χ3n) is 9.24. The Bertz CT molecular complexity index is 1910. The van der Waals surface area contributed by atoms with Crippen molar-refractivity contribution < 1.29 is 4.74 Å². The Labute approximate surface area is 271 Å². The molecule has 0 aliphatic carbocycles. The molecule has 2 unspecified atom stereocenters. The number of benzene rings is 5. The highest BCUT2D eigenvalue weighted by atomic mass is 16.5. The van der Waals surface area contributed by atoms with E-state index in [2.05, 4.69) is 174 Å². The number of H-pyrrole nitrogens is 1. The Kier molecular flexibility index (Phi) is 8.28. The van der Waals surface area contributed by atoms with Crippen molar-refractivity contribution in [2.24, 2.45) is 0 Å². The molecule has 4 nitrogen and oxygen atoms in total. The molecule has 0 aliphatic rings. The smallest absolute Gasteiger partial charge is 0.123 e. The number of aromatic nitrogens is 2. The van der Waals surface area contributed by atoms with Gasteiger partial charge < -0.3 is 14.3 Å². The summed E-state index contributed by atoms with van der Waals surface area (Å²) in [5, 5.41) is 5.51. The number of rotatable bonds is 11. The number of hydrogen-bond donors (Lipinski definition) is 2. The maximum Gasteiger partial charge on any atom is 0.123 e. The first kappa shape index (κ1) is 29.4. The summed E-state index contributed by atoms with van der Waals surface area (Å²) in [7, 11) is 1.74. The molecular weight excluding hydrogens is 562 g/mol. The van der Waals surface area contributed by atoms with Gasteiger partial charge in [0.25, 0.3) is 0 Å². The van der Waals surface area contributed by atoms with E-state index < -0.39 is 5.54 Å². The summed E-state index contributed by atoms with van der Waals surface area (Å²) in [6.45, 7) is 3.04. The number of hydrogen-bond acceptors (Lipinski definition) is 2. The monoisotopic (exact) mass is 601 g/mol. The van der Waals surface area contributed by atoms with Crippen LogP contribution in [0.4, 0.5) is 0 Å². The molecule has 4 heteroatoms. The molecule has 0 saturated carbocycles. The predicted octanol–water partition coefficient (Wildman–Crippen LogP) is 9.13. The van der Waals surface area contributed by atoms with E-state index in [0.717, 1.165) is 16.8 Å². The Morgan fingerprint density at radius 2 is 1.24 bits per heavy atom. The van der Waals surface area contributed by atoms with Crippen LogP contribution in [-0.4, -0.2) is 22.7 Å². The van der Waals surface area contributed by atoms with E-state index in [1.807, 2.05) is 12.1 Å². The van der Waals surface area contributed by atoms with Crippen LogP contribution in [0, 0.1) is 0 Å². The van der Waals surface area contributed by atoms with Crippen LogP contribution >= 0.6 is 0 Å². The van der Waals surface area contributed by atoms with Crippen molar-refractivity contribution >= 4 is 10.9 Å². The Balaban J connectivity index is 1.41. The van der Waals surface area contributed by atoms with Crippen molar-refractivity contribution in [1.29, 1.82) is 0 Å². The van der Waals surface area contributed by atoms with Crippen LogP contribution < -0.4 is 10.1 Å². The van der Waals surface area contributed by atoms with Crippen molar-refractivity contribution in [3.63, 3.8) is 0 Å². The largest absolute Gasteiger partial charge is 0.496 e. The van der Waals surface area contributed by atoms with Gasteiger partial charge in [0.15, 0.2) is 0 Å². The molecule has 0 fully saturated rings. The standard InChI is InChI=1S/C42H39N3O/c1-31(44-42(33-18-6-3-7-19-33,34-20-8-4-9-21-34)35-22-10-5-11-23-35)41(37-29-43-38-25-14-13-24-36(37)38)39-26-16-28-45(39)30-32-17-12-15-27-40(32)46-2/h3-29,31,41,43-44H,30H2,1-2H3. The van der Waals surface area contributed by atoms with Gasteiger partial charge in [-0.05, 0) is 53.4 Å². The molecule has 5 aromatic carbocycles. The number of methoxy groups -OCH3 is 1. The van der Waals surface area contributed by atoms with Gasteiger partial charge in [0.05, 0.1) is 19.2 Å². The van der Waals surface area contributed by atoms with Gasteiger partial charge in [-0.15, -0.1) is 0 Å². The number of nitrogens with one attached hydrogen (secondary N) is 2. The molecule has 0 aliphatic heterocycles. The molecule has 228 valence electrons. The van der Waals surface area contributed by atoms with Crippen LogP contribution in [0.1, 0.15) is 46.4 Å². The van der Waals surface area contributed by atoms with Gasteiger partial charge >= 0.3 is 0 Å². The van der Waals surface area contributed by atoms with Gasteiger partial charge in [-0.3, -0.25) is 5.32 Å². The van der Waals surface area contributed by atoms with Crippen molar-refractivity contribution in [2.75, 3.05) is 7.11 Å². The SMILES string of the molecule is COc1ccccc1Cn1cccc1C(c1c[nH]c2ccccc12)C(C)NC(c1ccccc1)(c1ccccc1)c1ccccc1. The lowest BCUT2D eigenvalue weighted by Gasteiger charge is -2.41. The average Bonchev–Trinajstić information content (AvgIpc) is 3.76. The number of ether oxygens (including phenoxy) is 1. The fourth-order valence-corrected chi connectivity index (χ4v) is 7.15. The molecule has 0 bridgehead atoms. The maximum absolute atomic E-state index is 5.75. The summed E-state index contributed by atoms with van der Waals surface area (Å²) in [4.78, 5) is 3.57. The lowest BCUT2D eigenvalue weighted by molar-refractivity contribution is 0.377. The quantitative estimate of drug-likeness (QED) is 0.145. The van der Waals surface area contributed by atoms with Crippen molar-refractivity contribution in [3.05, 3.63) is 198 Å². The third kappa shape index (κ3) is 5.42. The van der Waals surface area contributed by atoms with Crippen LogP contribution in [-0.2, 0) is 12.1 Å². The van der Waals surface area contributed by atoms with Crippen LogP contribution in [0.2, 0.25) is 0 Å². The first-order chi connectivity index (χ1) is 22.7. The minimum atomic E-state index is -0.604. The molecule has 2 aromatic heterocycles. The summed E-state index contributed by atoms with van der Waals surface area (Å²) in [5.41, 5.74) is 7.76. The molecule has 2 atom stereocenters. The third-order valence-corrected chi connectivity index (χ3v) is 9.24. The molecule has 7 rings (SSSR count). The van der Waals surface area contributed by atoms with E-state index in [1.54, 1.807) is 7.11 Å². The van der Waals surface area contributed by atoms with Gasteiger partial charge in [0, 0.05) is 46.5 Å². The highest BCUT2D eigenvalue weighted by Crippen LogP contribution is 2.41. The predicted molar refractivity (Wildman–Crippen MR) is 188 cm³/mol. The summed E-state index contributed by atoms with van der Waals surface area (Å²) >= 11 is 0. The van der Waals surface area contributed by atoms with Crippen LogP contribution in [0.25, 0.3) is 10.9 Å². The van der Waals surface area contributed by atoms with Crippen molar-refractivity contribution in [1.82, 2.24) is 14.9 Å². The van der Waals surface area contributed by atoms with E-state index in [4.69, 9.17) is 4.74 Å². The molecule has 2 heterocycles. The Hall–Kier alpha value is -5.32. The lowest BCUT2D eigenvalue weighted by Crippen LogP contribution is -2.51. The Morgan fingerprint density at radius 1 is 0.674 bits per heavy atom. The fourth-order valence-electron chi connectivity index (χ4n) is 7.15. The number of nitrogens with zero attached hydrogens (tertiary/aromatic N) is 1. The zero-order valence-electron chi connectivity index (χ0n) is 26.3. The van der Waals surface area contributed by atoms with Crippen LogP contribution in [0.5, 0.6) is 5.75 Å². The van der Waals surface area contributed by atoms with E-state index in [-0.39, 0.29) is 12.0 Å². The van der Waals surface area contributed by atoms with Crippen molar-refractivity contribution in [3.8, 4) is 5.75 Å². The zero-order chi connectivity index (χ0) is 31.3. The van der Waals surface area contributed by atoms with Gasteiger partial charge in [0.2, 0.25) is 0 Å². The molecular formula is C42H39N3O. The normalized spacial score (nSPS) is 13.0. The topological polar surface area (TPSA) is 42.0 Å². The number of para-hydroxylation sites is 2. The minimum Gasteiger partial charge on any atom is -0.496 e. The summed E-state index contributed by atoms with van der Waals surface area (Å²) in [6, 6.07) is 53.9. The summed E-state index contributed by atoms with van der Waals surface area (Å²) in [5.74, 6) is 0.907. The van der Waals surface area contributed by atoms with E-state index in [1.165, 1.54) is 33.3 Å². The van der Waals surface area contributed by atoms with Gasteiger partial charge in [0.1, 0.15) is 5.75 Å². The first-order valence-corrected chi connectivity index (χ1v) is 16.0. The van der Waals surface area contributed by atoms with Crippen molar-refractivity contribution in [2.45, 2.75) is 31.0 Å². The van der Waals surface area contributed by atoms with Crippen LogP contribution in [0.3, 0.4) is 0 Å². The average molecular weight is 602 g/mol. The van der Waals surface area contributed by atoms with Gasteiger partial charge in [-0.2, -0.15) is 0 Å². The molecule has 7 aromatic rings. The van der Waals surface area contributed by atoms with E-state index in [0.29, 0.717) is 6.54 Å². The molecule has 0 saturated heterocycles. The highest BCUT2D eigenvalue weighted by molar-refractivity contribution is 5.84. The molecule has 0 spiro atoms. The second-order valence-electron chi connectivity index (χ2n) is 11.9. The second-order valence-corrected chi connectivity index (χ2v) is 11.9. The number of fused-ring (bicyclic) bond motifs is 1. The van der Waals surface area contributed by atoms with Gasteiger partial charge in [-0.1, -0.05) is 127 Å². The van der Waals surface area contributed by atoms with Gasteiger partial charge in [-0.25, -0.2) is 0 Å². The minimum absolute atomic E-state index is 0.00820. The lowest BCUT2D eigenvalue weighted by atomic mass is 9.75. The Morgan fingerprint density at radius 3 is 1.87 bits per heavy atom. The number of aromatic amines is 1. The molecule has 0 amide bonds. The fraction of sp³-hybridized carbons (Fsp3) is 0.143.